The van der Waals surface area contributed by atoms with Crippen molar-refractivity contribution in [3.8, 4) is 16.9 Å². The van der Waals surface area contributed by atoms with Gasteiger partial charge in [-0.3, -0.25) is 15.0 Å². The Balaban J connectivity index is 1.38. The molecule has 4 aromatic rings. The van der Waals surface area contributed by atoms with Crippen LogP contribution in [0.1, 0.15) is 69.7 Å². The minimum atomic E-state index is -0.622. The molecular formula is C31H37ClF2N8O. The Kier molecular flexibility index (Phi) is 9.53. The van der Waals surface area contributed by atoms with Crippen LogP contribution in [0.4, 0.5) is 8.78 Å². The second-order valence-electron chi connectivity index (χ2n) is 11.4. The summed E-state index contributed by atoms with van der Waals surface area (Å²) in [7, 11) is 0. The molecule has 1 aliphatic heterocycles. The number of aromatic amines is 1. The number of halogens is 3. The topological polar surface area (TPSA) is 138 Å². The fourth-order valence-corrected chi connectivity index (χ4v) is 5.90. The zero-order valence-corrected chi connectivity index (χ0v) is 25.1. The van der Waals surface area contributed by atoms with Crippen LogP contribution in [-0.4, -0.2) is 44.0 Å². The molecule has 3 atom stereocenters. The molecular weight excluding hydrogens is 574 g/mol. The Morgan fingerprint density at radius 3 is 2.84 bits per heavy atom. The first kappa shape index (κ1) is 30.8. The van der Waals surface area contributed by atoms with E-state index in [0.29, 0.717) is 35.6 Å². The van der Waals surface area contributed by atoms with E-state index in [2.05, 4.69) is 25.6 Å². The van der Waals surface area contributed by atoms with Crippen LogP contribution >= 0.6 is 11.6 Å². The standard InChI is InChI=1S/C31H37ClF2N8O/c1-17(35)5-3-6-19-11-23(28(34)24(32)12-19)27-13-20-16-42(31(43)41-30(20)40-27)22-14-25(33)29(38-15-22)26-8-4-7-21(39-26)9-10-37-18(2)36/h11-17,21,26,39H,3-10,35H2,1-2H3,(H2,36,37)(H,40,41,43)/t17-,21-,26-/m0/s1. The fraction of sp³-hybridized carbons (Fsp3) is 0.419. The Labute approximate surface area is 253 Å². The summed E-state index contributed by atoms with van der Waals surface area (Å²) in [6, 6.07) is 6.38. The van der Waals surface area contributed by atoms with Crippen LogP contribution in [0.2, 0.25) is 5.02 Å². The fourth-order valence-electron chi connectivity index (χ4n) is 5.66. The van der Waals surface area contributed by atoms with Crippen molar-refractivity contribution in [2.75, 3.05) is 6.54 Å². The molecule has 6 N–H and O–H groups in total. The summed E-state index contributed by atoms with van der Waals surface area (Å²) in [5.74, 6) is -0.659. The molecule has 0 amide bonds. The van der Waals surface area contributed by atoms with Gasteiger partial charge in [-0.1, -0.05) is 11.6 Å². The van der Waals surface area contributed by atoms with Gasteiger partial charge in [0, 0.05) is 41.8 Å². The molecule has 9 nitrogen and oxygen atoms in total. The van der Waals surface area contributed by atoms with Crippen LogP contribution < -0.4 is 22.1 Å². The van der Waals surface area contributed by atoms with Gasteiger partial charge >= 0.3 is 5.69 Å². The largest absolute Gasteiger partial charge is 0.374 e. The number of amidine groups is 1. The number of nitrogens with one attached hydrogen (secondary N) is 4. The van der Waals surface area contributed by atoms with Gasteiger partial charge in [0.15, 0.2) is 5.82 Å². The van der Waals surface area contributed by atoms with Crippen LogP contribution in [-0.2, 0) is 6.42 Å². The molecule has 1 fully saturated rings. The van der Waals surface area contributed by atoms with Gasteiger partial charge in [0.05, 0.1) is 40.2 Å². The molecule has 3 aromatic heterocycles. The maximum absolute atomic E-state index is 15.4. The summed E-state index contributed by atoms with van der Waals surface area (Å²) in [6.45, 7) is 4.32. The van der Waals surface area contributed by atoms with E-state index in [9.17, 15) is 4.79 Å². The lowest BCUT2D eigenvalue weighted by atomic mass is 9.94. The molecule has 0 saturated carbocycles. The number of nitrogens with two attached hydrogens (primary N) is 1. The van der Waals surface area contributed by atoms with E-state index in [4.69, 9.17) is 22.7 Å². The number of hydrogen-bond acceptors (Lipinski definition) is 6. The second kappa shape index (κ2) is 13.3. The zero-order chi connectivity index (χ0) is 30.7. The molecule has 1 aromatic carbocycles. The third-order valence-corrected chi connectivity index (χ3v) is 8.11. The summed E-state index contributed by atoms with van der Waals surface area (Å²) >= 11 is 6.22. The number of fused-ring (bicyclic) bond motifs is 1. The Bertz CT molecular complexity index is 1680. The highest BCUT2D eigenvalue weighted by Crippen LogP contribution is 2.32. The number of nitrogens with zero attached hydrogens (tertiary/aromatic N) is 3. The van der Waals surface area contributed by atoms with Crippen molar-refractivity contribution < 1.29 is 8.78 Å². The number of aryl methyl sites for hydroxylation is 1. The summed E-state index contributed by atoms with van der Waals surface area (Å²) in [5, 5.41) is 14.6. The Morgan fingerprint density at radius 2 is 2.09 bits per heavy atom. The van der Waals surface area contributed by atoms with E-state index < -0.39 is 17.3 Å². The lowest BCUT2D eigenvalue weighted by Gasteiger charge is -2.31. The van der Waals surface area contributed by atoms with Crippen molar-refractivity contribution >= 4 is 28.5 Å². The molecule has 4 heterocycles. The van der Waals surface area contributed by atoms with Crippen LogP contribution in [0.25, 0.3) is 28.0 Å². The minimum absolute atomic E-state index is 0.0121. The molecule has 43 heavy (non-hydrogen) atoms. The highest BCUT2D eigenvalue weighted by Gasteiger charge is 2.26. The van der Waals surface area contributed by atoms with Crippen molar-refractivity contribution in [2.45, 2.75) is 76.9 Å². The third-order valence-electron chi connectivity index (χ3n) is 7.84. The molecule has 0 radical (unpaired) electrons. The summed E-state index contributed by atoms with van der Waals surface area (Å²) < 4.78 is 31.7. The van der Waals surface area contributed by atoms with Gasteiger partial charge in [-0.15, -0.1) is 0 Å². The molecule has 12 heteroatoms. The lowest BCUT2D eigenvalue weighted by molar-refractivity contribution is 0.302. The van der Waals surface area contributed by atoms with Crippen LogP contribution in [0.15, 0.2) is 41.5 Å². The van der Waals surface area contributed by atoms with Crippen molar-refractivity contribution in [1.29, 1.82) is 5.41 Å². The number of hydrogen-bond donors (Lipinski definition) is 5. The van der Waals surface area contributed by atoms with Gasteiger partial charge in [-0.05, 0) is 82.6 Å². The number of benzene rings is 1. The Morgan fingerprint density at radius 1 is 1.28 bits per heavy atom. The van der Waals surface area contributed by atoms with E-state index in [-0.39, 0.29) is 40.0 Å². The normalized spacial score (nSPS) is 17.7. The monoisotopic (exact) mass is 610 g/mol. The average molecular weight is 611 g/mol. The molecule has 1 aliphatic rings. The second-order valence-corrected chi connectivity index (χ2v) is 11.8. The predicted molar refractivity (Wildman–Crippen MR) is 166 cm³/mol. The van der Waals surface area contributed by atoms with E-state index in [1.165, 1.54) is 16.8 Å². The van der Waals surface area contributed by atoms with Crippen molar-refractivity contribution in [3.63, 3.8) is 0 Å². The molecule has 228 valence electrons. The van der Waals surface area contributed by atoms with E-state index in [1.54, 1.807) is 31.3 Å². The van der Waals surface area contributed by atoms with Crippen LogP contribution in [0.3, 0.4) is 0 Å². The molecule has 0 unspecified atom stereocenters. The first-order chi connectivity index (χ1) is 20.6. The smallest absolute Gasteiger partial charge is 0.354 e. The van der Waals surface area contributed by atoms with E-state index >= 15 is 8.78 Å². The number of H-pyrrole nitrogens is 1. The number of pyridine rings is 1. The molecule has 0 aliphatic carbocycles. The SMILES string of the molecule is CC(=N)NCC[C@@H]1CCC[C@@H](c2ncc(-n3cc4cc(-c5cc(CCC[C@H](C)N)cc(Cl)c5F)[nH]c4nc3=O)cc2F)N1. The zero-order valence-electron chi connectivity index (χ0n) is 24.3. The maximum Gasteiger partial charge on any atom is 0.354 e. The van der Waals surface area contributed by atoms with Crippen LogP contribution in [0.5, 0.6) is 0 Å². The van der Waals surface area contributed by atoms with Gasteiger partial charge in [0.2, 0.25) is 0 Å². The van der Waals surface area contributed by atoms with Gasteiger partial charge in [0.1, 0.15) is 11.5 Å². The maximum atomic E-state index is 15.4. The quantitative estimate of drug-likeness (QED) is 0.118. The lowest BCUT2D eigenvalue weighted by Crippen LogP contribution is -2.40. The number of rotatable bonds is 10. The van der Waals surface area contributed by atoms with E-state index in [0.717, 1.165) is 44.1 Å². The molecule has 0 spiro atoms. The first-order valence-corrected chi connectivity index (χ1v) is 15.0. The molecule has 0 bridgehead atoms. The third kappa shape index (κ3) is 7.29. The van der Waals surface area contributed by atoms with Gasteiger partial charge in [0.25, 0.3) is 0 Å². The van der Waals surface area contributed by atoms with Gasteiger partial charge in [-0.2, -0.15) is 4.98 Å². The average Bonchev–Trinajstić information content (AvgIpc) is 3.36. The summed E-state index contributed by atoms with van der Waals surface area (Å²) in [6.07, 6.45) is 8.88. The Hall–Kier alpha value is -3.67. The highest BCUT2D eigenvalue weighted by atomic mass is 35.5. The van der Waals surface area contributed by atoms with Crippen LogP contribution in [0, 0.1) is 17.0 Å². The first-order valence-electron chi connectivity index (χ1n) is 14.7. The summed E-state index contributed by atoms with van der Waals surface area (Å²) in [4.78, 5) is 24.5. The molecule has 5 rings (SSSR count). The number of aromatic nitrogens is 4. The predicted octanol–water partition coefficient (Wildman–Crippen LogP) is 5.54. The minimum Gasteiger partial charge on any atom is -0.374 e. The van der Waals surface area contributed by atoms with Gasteiger partial charge < -0.3 is 21.4 Å². The number of piperidine rings is 1. The molecule has 1 saturated heterocycles. The van der Waals surface area contributed by atoms with Crippen molar-refractivity contribution in [1.82, 2.24) is 30.2 Å². The van der Waals surface area contributed by atoms with Gasteiger partial charge in [-0.25, -0.2) is 13.6 Å². The van der Waals surface area contributed by atoms with Crippen molar-refractivity contribution in [2.24, 2.45) is 5.73 Å². The van der Waals surface area contributed by atoms with Crippen molar-refractivity contribution in [3.05, 3.63) is 75.1 Å². The highest BCUT2D eigenvalue weighted by molar-refractivity contribution is 6.31. The summed E-state index contributed by atoms with van der Waals surface area (Å²) in [5.41, 5.74) is 7.65. The van der Waals surface area contributed by atoms with E-state index in [1.807, 2.05) is 6.92 Å².